The molecule has 2 heterocycles. The molecule has 2 N–H and O–H groups in total. The minimum Gasteiger partial charge on any atom is -0.337 e. The second-order valence-corrected chi connectivity index (χ2v) is 2.99. The van der Waals surface area contributed by atoms with Crippen molar-refractivity contribution in [2.75, 3.05) is 6.54 Å². The van der Waals surface area contributed by atoms with E-state index in [9.17, 15) is 4.79 Å². The lowest BCUT2D eigenvalue weighted by molar-refractivity contribution is -0.123. The molecule has 0 aromatic carbocycles. The Hall–Kier alpha value is -1.42. The second-order valence-electron chi connectivity index (χ2n) is 2.99. The molecule has 1 aromatic rings. The molecule has 1 aromatic heterocycles. The summed E-state index contributed by atoms with van der Waals surface area (Å²) >= 11 is 0. The van der Waals surface area contributed by atoms with Gasteiger partial charge in [0.2, 0.25) is 5.91 Å². The SMILES string of the molecule is O=C1CCN[C@H](c2ccncc2)N1. The Bertz CT molecular complexity index is 299. The molecule has 0 spiro atoms. The molecule has 1 aliphatic rings. The number of carbonyl (C=O) groups excluding carboxylic acids is 1. The Morgan fingerprint density at radius 3 is 2.85 bits per heavy atom. The Kier molecular flexibility index (Phi) is 2.23. The van der Waals surface area contributed by atoms with Crippen LogP contribution in [0.1, 0.15) is 18.2 Å². The first-order valence-electron chi connectivity index (χ1n) is 4.29. The summed E-state index contributed by atoms with van der Waals surface area (Å²) in [7, 11) is 0. The van der Waals surface area contributed by atoms with Crippen molar-refractivity contribution >= 4 is 5.91 Å². The second kappa shape index (κ2) is 3.53. The zero-order chi connectivity index (χ0) is 9.10. The van der Waals surface area contributed by atoms with Gasteiger partial charge in [-0.25, -0.2) is 0 Å². The van der Waals surface area contributed by atoms with Gasteiger partial charge >= 0.3 is 0 Å². The van der Waals surface area contributed by atoms with Crippen LogP contribution >= 0.6 is 0 Å². The van der Waals surface area contributed by atoms with Crippen molar-refractivity contribution in [2.45, 2.75) is 12.6 Å². The van der Waals surface area contributed by atoms with Crippen LogP contribution in [-0.2, 0) is 4.79 Å². The number of hydrogen-bond donors (Lipinski definition) is 2. The fraction of sp³-hybridized carbons (Fsp3) is 0.333. The first-order chi connectivity index (χ1) is 6.36. The molecule has 0 saturated carbocycles. The van der Waals surface area contributed by atoms with Crippen molar-refractivity contribution in [1.29, 1.82) is 0 Å². The fourth-order valence-corrected chi connectivity index (χ4v) is 1.37. The summed E-state index contributed by atoms with van der Waals surface area (Å²) in [4.78, 5) is 15.0. The lowest BCUT2D eigenvalue weighted by Crippen LogP contribution is -2.44. The number of pyridine rings is 1. The van der Waals surface area contributed by atoms with Crippen molar-refractivity contribution in [3.63, 3.8) is 0 Å². The van der Waals surface area contributed by atoms with Gasteiger partial charge in [0.25, 0.3) is 0 Å². The number of aromatic nitrogens is 1. The highest BCUT2D eigenvalue weighted by atomic mass is 16.1. The fourth-order valence-electron chi connectivity index (χ4n) is 1.37. The molecule has 1 amide bonds. The molecule has 1 atom stereocenters. The topological polar surface area (TPSA) is 54.0 Å². The highest BCUT2D eigenvalue weighted by Gasteiger charge is 2.17. The van der Waals surface area contributed by atoms with Crippen LogP contribution in [0.15, 0.2) is 24.5 Å². The van der Waals surface area contributed by atoms with E-state index < -0.39 is 0 Å². The Balaban J connectivity index is 2.13. The first-order valence-corrected chi connectivity index (χ1v) is 4.29. The van der Waals surface area contributed by atoms with E-state index in [-0.39, 0.29) is 12.1 Å². The Labute approximate surface area is 76.4 Å². The van der Waals surface area contributed by atoms with Crippen LogP contribution in [-0.4, -0.2) is 17.4 Å². The Morgan fingerprint density at radius 1 is 1.38 bits per heavy atom. The van der Waals surface area contributed by atoms with Crippen molar-refractivity contribution in [3.05, 3.63) is 30.1 Å². The van der Waals surface area contributed by atoms with E-state index in [2.05, 4.69) is 15.6 Å². The van der Waals surface area contributed by atoms with Crippen LogP contribution in [0, 0.1) is 0 Å². The van der Waals surface area contributed by atoms with Gasteiger partial charge < -0.3 is 5.32 Å². The number of hydrogen-bond acceptors (Lipinski definition) is 3. The zero-order valence-corrected chi connectivity index (χ0v) is 7.16. The van der Waals surface area contributed by atoms with Crippen LogP contribution in [0.2, 0.25) is 0 Å². The van der Waals surface area contributed by atoms with E-state index in [1.54, 1.807) is 12.4 Å². The summed E-state index contributed by atoms with van der Waals surface area (Å²) in [5, 5.41) is 6.06. The van der Waals surface area contributed by atoms with Crippen LogP contribution in [0.4, 0.5) is 0 Å². The third-order valence-corrected chi connectivity index (χ3v) is 2.05. The maximum absolute atomic E-state index is 11.1. The number of nitrogens with zero attached hydrogens (tertiary/aromatic N) is 1. The third-order valence-electron chi connectivity index (χ3n) is 2.05. The lowest BCUT2D eigenvalue weighted by Gasteiger charge is -2.24. The normalized spacial score (nSPS) is 22.5. The van der Waals surface area contributed by atoms with Gasteiger partial charge in [0, 0.05) is 25.4 Å². The van der Waals surface area contributed by atoms with E-state index >= 15 is 0 Å². The quantitative estimate of drug-likeness (QED) is 0.643. The van der Waals surface area contributed by atoms with Gasteiger partial charge in [0.05, 0.1) is 0 Å². The maximum atomic E-state index is 11.1. The van der Waals surface area contributed by atoms with Crippen LogP contribution in [0.5, 0.6) is 0 Å². The molecule has 4 heteroatoms. The molecule has 1 saturated heterocycles. The van der Waals surface area contributed by atoms with Crippen LogP contribution in [0.3, 0.4) is 0 Å². The summed E-state index contributed by atoms with van der Waals surface area (Å²) < 4.78 is 0. The minimum atomic E-state index is -0.0516. The maximum Gasteiger partial charge on any atom is 0.222 e. The minimum absolute atomic E-state index is 0.0516. The molecular weight excluding hydrogens is 166 g/mol. The van der Waals surface area contributed by atoms with Gasteiger partial charge in [-0.15, -0.1) is 0 Å². The van der Waals surface area contributed by atoms with E-state index in [1.165, 1.54) is 0 Å². The first kappa shape index (κ1) is 8.19. The molecule has 0 radical (unpaired) electrons. The molecule has 0 bridgehead atoms. The summed E-state index contributed by atoms with van der Waals surface area (Å²) in [6.45, 7) is 0.735. The number of rotatable bonds is 1. The molecule has 1 aliphatic heterocycles. The summed E-state index contributed by atoms with van der Waals surface area (Å²) in [6, 6.07) is 3.78. The number of carbonyl (C=O) groups is 1. The van der Waals surface area contributed by atoms with E-state index in [0.29, 0.717) is 6.42 Å². The molecule has 2 rings (SSSR count). The summed E-state index contributed by atoms with van der Waals surface area (Å²) in [5.74, 6) is 0.0977. The van der Waals surface area contributed by atoms with Gasteiger partial charge in [-0.2, -0.15) is 0 Å². The summed E-state index contributed by atoms with van der Waals surface area (Å²) in [5.41, 5.74) is 1.04. The molecule has 13 heavy (non-hydrogen) atoms. The van der Waals surface area contributed by atoms with Crippen molar-refractivity contribution in [3.8, 4) is 0 Å². The monoisotopic (exact) mass is 177 g/mol. The van der Waals surface area contributed by atoms with Gasteiger partial charge in [-0.3, -0.25) is 15.1 Å². The smallest absolute Gasteiger partial charge is 0.222 e. The van der Waals surface area contributed by atoms with Gasteiger partial charge in [0.1, 0.15) is 6.17 Å². The Morgan fingerprint density at radius 2 is 2.15 bits per heavy atom. The average Bonchev–Trinajstić information content (AvgIpc) is 2.19. The van der Waals surface area contributed by atoms with Gasteiger partial charge in [-0.05, 0) is 17.7 Å². The zero-order valence-electron chi connectivity index (χ0n) is 7.16. The largest absolute Gasteiger partial charge is 0.337 e. The van der Waals surface area contributed by atoms with Crippen LogP contribution in [0.25, 0.3) is 0 Å². The highest BCUT2D eigenvalue weighted by Crippen LogP contribution is 2.10. The predicted molar refractivity (Wildman–Crippen MR) is 47.7 cm³/mol. The molecule has 1 fully saturated rings. The number of nitrogens with one attached hydrogen (secondary N) is 2. The molecule has 0 unspecified atom stereocenters. The van der Waals surface area contributed by atoms with Gasteiger partial charge in [-0.1, -0.05) is 0 Å². The average molecular weight is 177 g/mol. The summed E-state index contributed by atoms with van der Waals surface area (Å²) in [6.07, 6.45) is 3.95. The predicted octanol–water partition coefficient (Wildman–Crippen LogP) is 0.190. The van der Waals surface area contributed by atoms with Crippen molar-refractivity contribution in [2.24, 2.45) is 0 Å². The third kappa shape index (κ3) is 1.84. The lowest BCUT2D eigenvalue weighted by atomic mass is 10.1. The molecule has 68 valence electrons. The van der Waals surface area contributed by atoms with Crippen LogP contribution < -0.4 is 10.6 Å². The van der Waals surface area contributed by atoms with E-state index in [4.69, 9.17) is 0 Å². The van der Waals surface area contributed by atoms with Crippen molar-refractivity contribution in [1.82, 2.24) is 15.6 Å². The molecule has 4 nitrogen and oxygen atoms in total. The molecular formula is C9H11N3O. The van der Waals surface area contributed by atoms with Crippen molar-refractivity contribution < 1.29 is 4.79 Å². The van der Waals surface area contributed by atoms with E-state index in [0.717, 1.165) is 12.1 Å². The number of amides is 1. The highest BCUT2D eigenvalue weighted by molar-refractivity contribution is 5.77. The molecule has 0 aliphatic carbocycles. The van der Waals surface area contributed by atoms with E-state index in [1.807, 2.05) is 12.1 Å². The standard InChI is InChI=1S/C9H11N3O/c13-8-3-6-11-9(12-8)7-1-4-10-5-2-7/h1-2,4-5,9,11H,3,6H2,(H,12,13)/t9-/m0/s1. The van der Waals surface area contributed by atoms with Gasteiger partial charge in [0.15, 0.2) is 0 Å².